The van der Waals surface area contributed by atoms with Crippen molar-refractivity contribution in [3.05, 3.63) is 0 Å². The van der Waals surface area contributed by atoms with Crippen molar-refractivity contribution in [1.82, 2.24) is 26.2 Å². The molecule has 0 radical (unpaired) electrons. The van der Waals surface area contributed by atoms with Gasteiger partial charge in [0.15, 0.2) is 0 Å². The van der Waals surface area contributed by atoms with Crippen LogP contribution in [0.1, 0.15) is 12.8 Å². The fourth-order valence-corrected chi connectivity index (χ4v) is 2.01. The number of hydrogen-bond acceptors (Lipinski definition) is 6. The Labute approximate surface area is 149 Å². The minimum absolute atomic E-state index is 0.0962. The van der Waals surface area contributed by atoms with Gasteiger partial charge in [0, 0.05) is 13.0 Å². The second-order valence-electron chi connectivity index (χ2n) is 5.49. The topological polar surface area (TPSA) is 180 Å². The van der Waals surface area contributed by atoms with Gasteiger partial charge in [-0.05, 0) is 6.42 Å². The molecule has 12 heteroatoms. The highest BCUT2D eigenvalue weighted by atomic mass is 16.2. The summed E-state index contributed by atoms with van der Waals surface area (Å²) in [5, 5.41) is 9.02. The Kier molecular flexibility index (Phi) is 8.54. The van der Waals surface area contributed by atoms with Crippen molar-refractivity contribution >= 4 is 35.4 Å². The number of nitrogens with one attached hydrogen (secondary N) is 4. The van der Waals surface area contributed by atoms with Gasteiger partial charge in [0.2, 0.25) is 35.4 Å². The lowest BCUT2D eigenvalue weighted by Crippen LogP contribution is -2.46. The third kappa shape index (κ3) is 8.61. The van der Waals surface area contributed by atoms with E-state index in [2.05, 4.69) is 21.3 Å². The average molecular weight is 370 g/mol. The number of primary amides is 1. The van der Waals surface area contributed by atoms with Gasteiger partial charge in [0.1, 0.15) is 0 Å². The van der Waals surface area contributed by atoms with E-state index >= 15 is 0 Å². The summed E-state index contributed by atoms with van der Waals surface area (Å²) in [5.41, 5.74) is 4.84. The maximum atomic E-state index is 11.6. The molecule has 1 saturated heterocycles. The van der Waals surface area contributed by atoms with E-state index in [0.29, 0.717) is 19.4 Å². The quantitative estimate of drug-likeness (QED) is 0.259. The molecule has 1 fully saturated rings. The molecule has 12 nitrogen and oxygen atoms in total. The van der Waals surface area contributed by atoms with Gasteiger partial charge in [0.25, 0.3) is 0 Å². The SMILES string of the molecule is NC(=O)CNC(=O)CNC(=O)CNC(=O)CNC(=O)CN1CCCC1=O. The summed E-state index contributed by atoms with van der Waals surface area (Å²) in [7, 11) is 0. The van der Waals surface area contributed by atoms with Gasteiger partial charge in [-0.1, -0.05) is 0 Å². The molecule has 0 unspecified atom stereocenters. The summed E-state index contributed by atoms with van der Waals surface area (Å²) < 4.78 is 0. The molecule has 6 amide bonds. The number of nitrogens with zero attached hydrogens (tertiary/aromatic N) is 1. The fourth-order valence-electron chi connectivity index (χ4n) is 2.01. The van der Waals surface area contributed by atoms with E-state index in [9.17, 15) is 28.8 Å². The molecule has 0 bridgehead atoms. The summed E-state index contributed by atoms with van der Waals surface area (Å²) in [5.74, 6) is -3.10. The highest BCUT2D eigenvalue weighted by Crippen LogP contribution is 2.08. The van der Waals surface area contributed by atoms with Crippen molar-refractivity contribution < 1.29 is 28.8 Å². The molecule has 0 aliphatic carbocycles. The van der Waals surface area contributed by atoms with Crippen LogP contribution in [0.2, 0.25) is 0 Å². The molecule has 0 saturated carbocycles. The van der Waals surface area contributed by atoms with Crippen molar-refractivity contribution in [2.24, 2.45) is 5.73 Å². The third-order valence-electron chi connectivity index (χ3n) is 3.30. The molecule has 6 N–H and O–H groups in total. The van der Waals surface area contributed by atoms with Crippen molar-refractivity contribution in [1.29, 1.82) is 0 Å². The lowest BCUT2D eigenvalue weighted by Gasteiger charge is -2.14. The molecule has 1 aliphatic rings. The minimum Gasteiger partial charge on any atom is -0.368 e. The maximum Gasteiger partial charge on any atom is 0.240 e. The normalized spacial score (nSPS) is 13.1. The van der Waals surface area contributed by atoms with Crippen molar-refractivity contribution in [2.75, 3.05) is 39.3 Å². The molecule has 1 aliphatic heterocycles. The van der Waals surface area contributed by atoms with E-state index in [1.165, 1.54) is 4.90 Å². The molecular weight excluding hydrogens is 348 g/mol. The van der Waals surface area contributed by atoms with E-state index < -0.39 is 29.5 Å². The monoisotopic (exact) mass is 370 g/mol. The molecule has 0 spiro atoms. The lowest BCUT2D eigenvalue weighted by atomic mass is 10.4. The van der Waals surface area contributed by atoms with Gasteiger partial charge in [0.05, 0.1) is 32.7 Å². The Morgan fingerprint density at radius 2 is 1.27 bits per heavy atom. The van der Waals surface area contributed by atoms with E-state index in [0.717, 1.165) is 0 Å². The summed E-state index contributed by atoms with van der Waals surface area (Å²) >= 11 is 0. The first-order valence-electron chi connectivity index (χ1n) is 7.91. The highest BCUT2D eigenvalue weighted by Gasteiger charge is 2.22. The number of likely N-dealkylation sites (tertiary alicyclic amines) is 1. The van der Waals surface area contributed by atoms with E-state index in [1.807, 2.05) is 0 Å². The second-order valence-corrected chi connectivity index (χ2v) is 5.49. The van der Waals surface area contributed by atoms with E-state index in [-0.39, 0.29) is 38.6 Å². The molecule has 144 valence electrons. The van der Waals surface area contributed by atoms with Crippen LogP contribution in [-0.4, -0.2) is 79.6 Å². The third-order valence-corrected chi connectivity index (χ3v) is 3.30. The Morgan fingerprint density at radius 3 is 1.69 bits per heavy atom. The predicted molar refractivity (Wildman–Crippen MR) is 87.0 cm³/mol. The van der Waals surface area contributed by atoms with Crippen molar-refractivity contribution in [3.8, 4) is 0 Å². The molecular formula is C14H22N6O6. The van der Waals surface area contributed by atoms with E-state index in [4.69, 9.17) is 5.73 Å². The highest BCUT2D eigenvalue weighted by molar-refractivity contribution is 5.91. The van der Waals surface area contributed by atoms with Crippen LogP contribution in [0.5, 0.6) is 0 Å². The molecule has 0 atom stereocenters. The molecule has 26 heavy (non-hydrogen) atoms. The average Bonchev–Trinajstić information content (AvgIpc) is 2.99. The van der Waals surface area contributed by atoms with Crippen molar-refractivity contribution in [2.45, 2.75) is 12.8 Å². The van der Waals surface area contributed by atoms with Gasteiger partial charge < -0.3 is 31.9 Å². The first kappa shape index (κ1) is 20.9. The van der Waals surface area contributed by atoms with Crippen LogP contribution in [0.15, 0.2) is 0 Å². The molecule has 1 heterocycles. The fraction of sp³-hybridized carbons (Fsp3) is 0.571. The van der Waals surface area contributed by atoms with Gasteiger partial charge in [-0.25, -0.2) is 0 Å². The maximum absolute atomic E-state index is 11.6. The van der Waals surface area contributed by atoms with Crippen LogP contribution < -0.4 is 27.0 Å². The molecule has 1 rings (SSSR count). The number of rotatable bonds is 10. The number of nitrogens with two attached hydrogens (primary N) is 1. The van der Waals surface area contributed by atoms with Crippen LogP contribution in [0.4, 0.5) is 0 Å². The largest absolute Gasteiger partial charge is 0.368 e. The smallest absolute Gasteiger partial charge is 0.240 e. The van der Waals surface area contributed by atoms with E-state index in [1.54, 1.807) is 0 Å². The van der Waals surface area contributed by atoms with Crippen LogP contribution in [0.3, 0.4) is 0 Å². The Bertz CT molecular complexity index is 592. The zero-order chi connectivity index (χ0) is 19.5. The summed E-state index contributed by atoms with van der Waals surface area (Å²) in [6.07, 6.45) is 1.13. The Balaban J connectivity index is 2.12. The van der Waals surface area contributed by atoms with Gasteiger partial charge in [-0.15, -0.1) is 0 Å². The second kappa shape index (κ2) is 10.6. The number of carbonyl (C=O) groups excluding carboxylic acids is 6. The van der Waals surface area contributed by atoms with Crippen LogP contribution in [0.25, 0.3) is 0 Å². The molecule has 0 aromatic carbocycles. The lowest BCUT2D eigenvalue weighted by molar-refractivity contribution is -0.133. The minimum atomic E-state index is -0.715. The van der Waals surface area contributed by atoms with Crippen LogP contribution in [-0.2, 0) is 28.8 Å². The summed E-state index contributed by atoms with van der Waals surface area (Å²) in [4.78, 5) is 69.1. The van der Waals surface area contributed by atoms with Crippen LogP contribution >= 0.6 is 0 Å². The molecule has 0 aromatic heterocycles. The standard InChI is InChI=1S/C14H22N6O6/c15-9(21)4-16-10(22)5-17-11(23)6-18-12(24)7-19-13(25)8-20-3-1-2-14(20)26/h1-8H2,(H2,15,21)(H,16,22)(H,17,23)(H,18,24)(H,19,25). The van der Waals surface area contributed by atoms with Crippen LogP contribution in [0, 0.1) is 0 Å². The summed E-state index contributed by atoms with van der Waals surface area (Å²) in [6.45, 7) is -1.02. The first-order chi connectivity index (χ1) is 12.3. The Morgan fingerprint density at radius 1 is 0.808 bits per heavy atom. The zero-order valence-electron chi connectivity index (χ0n) is 14.1. The number of amides is 6. The predicted octanol–water partition coefficient (Wildman–Crippen LogP) is -4.44. The van der Waals surface area contributed by atoms with Gasteiger partial charge >= 0.3 is 0 Å². The number of hydrogen-bond donors (Lipinski definition) is 5. The van der Waals surface area contributed by atoms with Gasteiger partial charge in [-0.3, -0.25) is 28.8 Å². The number of carbonyl (C=O) groups is 6. The zero-order valence-corrected chi connectivity index (χ0v) is 14.1. The molecule has 0 aromatic rings. The Hall–Kier alpha value is -3.18. The summed E-state index contributed by atoms with van der Waals surface area (Å²) in [6, 6.07) is 0. The first-order valence-corrected chi connectivity index (χ1v) is 7.91. The van der Waals surface area contributed by atoms with Gasteiger partial charge in [-0.2, -0.15) is 0 Å². The van der Waals surface area contributed by atoms with Crippen molar-refractivity contribution in [3.63, 3.8) is 0 Å².